The van der Waals surface area contributed by atoms with Crippen LogP contribution in [0.15, 0.2) is 0 Å². The maximum absolute atomic E-state index is 13.8. The molecule has 10 heteroatoms. The Labute approximate surface area is 176 Å². The number of carbonyl (C=O) groups is 4. The number of rotatable bonds is 10. The highest BCUT2D eigenvalue weighted by atomic mass is 16.6. The van der Waals surface area contributed by atoms with Crippen LogP contribution in [0, 0.1) is 11.8 Å². The number of nitrogens with zero attached hydrogens (tertiary/aromatic N) is 2. The fraction of sp³-hybridized carbons (Fsp3) is 0.800. The van der Waals surface area contributed by atoms with E-state index in [4.69, 9.17) is 15.2 Å². The van der Waals surface area contributed by atoms with Gasteiger partial charge in [0.25, 0.3) is 5.91 Å². The highest BCUT2D eigenvalue weighted by Gasteiger charge is 2.60. The molecular weight excluding hydrogens is 394 g/mol. The van der Waals surface area contributed by atoms with Gasteiger partial charge in [0.1, 0.15) is 6.10 Å². The summed E-state index contributed by atoms with van der Waals surface area (Å²) in [6.07, 6.45) is 3.97. The minimum absolute atomic E-state index is 0.0959. The highest BCUT2D eigenvalue weighted by molar-refractivity contribution is 5.89. The Balaban J connectivity index is 2.37. The van der Waals surface area contributed by atoms with E-state index in [-0.39, 0.29) is 32.0 Å². The summed E-state index contributed by atoms with van der Waals surface area (Å²) in [5.41, 5.74) is 5.57. The molecule has 1 heterocycles. The summed E-state index contributed by atoms with van der Waals surface area (Å²) in [5, 5.41) is 10.2. The molecule has 2 fully saturated rings. The summed E-state index contributed by atoms with van der Waals surface area (Å²) in [5.74, 6) is -1.82. The molecule has 1 aliphatic heterocycles. The van der Waals surface area contributed by atoms with E-state index in [1.54, 1.807) is 6.92 Å². The summed E-state index contributed by atoms with van der Waals surface area (Å²) in [4.78, 5) is 50.2. The van der Waals surface area contributed by atoms with Crippen LogP contribution < -0.4 is 5.73 Å². The third kappa shape index (κ3) is 5.35. The molecule has 2 rings (SSSR count). The smallest absolute Gasteiger partial charge is 0.414 e. The minimum Gasteiger partial charge on any atom is -0.414 e. The fourth-order valence-electron chi connectivity index (χ4n) is 4.87. The minimum atomic E-state index is -1.03. The Morgan fingerprint density at radius 1 is 1.23 bits per heavy atom. The normalized spacial score (nSPS) is 26.2. The summed E-state index contributed by atoms with van der Waals surface area (Å²) in [6, 6.07) is -1.03. The van der Waals surface area contributed by atoms with Crippen LogP contribution in [0.5, 0.6) is 0 Å². The average molecular weight is 429 g/mol. The van der Waals surface area contributed by atoms with Gasteiger partial charge in [0.2, 0.25) is 6.41 Å². The molecule has 4 atom stereocenters. The van der Waals surface area contributed by atoms with Crippen LogP contribution >= 0.6 is 0 Å². The van der Waals surface area contributed by atoms with Crippen molar-refractivity contribution in [3.8, 4) is 0 Å². The molecule has 0 aromatic carbocycles. The monoisotopic (exact) mass is 428 g/mol. The lowest BCUT2D eigenvalue weighted by Gasteiger charge is -2.36. The van der Waals surface area contributed by atoms with E-state index < -0.39 is 40.5 Å². The molecule has 1 unspecified atom stereocenters. The number of hydrogen-bond donors (Lipinski definition) is 2. The number of methoxy groups -OCH3 is 1. The van der Waals surface area contributed by atoms with Gasteiger partial charge in [-0.05, 0) is 19.3 Å². The van der Waals surface area contributed by atoms with Gasteiger partial charge in [0, 0.05) is 20.0 Å². The van der Waals surface area contributed by atoms with Crippen molar-refractivity contribution >= 4 is 24.3 Å². The Hall–Kier alpha value is -2.04. The Morgan fingerprint density at radius 3 is 2.47 bits per heavy atom. The van der Waals surface area contributed by atoms with Gasteiger partial charge in [-0.15, -0.1) is 4.48 Å². The van der Waals surface area contributed by atoms with Crippen LogP contribution in [0.3, 0.4) is 0 Å². The molecule has 0 bridgehead atoms. The SMILES string of the molecule is COC[C@@H](C)OC(=O)[N+]1(C(=O)[C@H](CC2CCCC2)CN(O)C=O)CCC[C@H]1C(N)=O. The maximum Gasteiger partial charge on any atom is 0.524 e. The third-order valence-corrected chi connectivity index (χ3v) is 6.24. The van der Waals surface area contributed by atoms with Gasteiger partial charge < -0.3 is 15.2 Å². The van der Waals surface area contributed by atoms with Crippen LogP contribution in [0.4, 0.5) is 4.79 Å². The lowest BCUT2D eigenvalue weighted by molar-refractivity contribution is -0.787. The van der Waals surface area contributed by atoms with Crippen LogP contribution in [0.25, 0.3) is 0 Å². The molecule has 30 heavy (non-hydrogen) atoms. The molecule has 1 saturated heterocycles. The van der Waals surface area contributed by atoms with E-state index in [9.17, 15) is 24.4 Å². The van der Waals surface area contributed by atoms with Crippen molar-refractivity contribution in [2.45, 2.75) is 64.0 Å². The molecule has 10 nitrogen and oxygen atoms in total. The molecule has 4 amide bonds. The quantitative estimate of drug-likeness (QED) is 0.231. The molecule has 2 aliphatic rings. The van der Waals surface area contributed by atoms with Gasteiger partial charge in [-0.25, -0.2) is 9.86 Å². The topological polar surface area (TPSA) is 136 Å². The predicted octanol–water partition coefficient (Wildman–Crippen LogP) is 1.19. The van der Waals surface area contributed by atoms with Crippen molar-refractivity contribution in [3.63, 3.8) is 0 Å². The largest absolute Gasteiger partial charge is 0.524 e. The van der Waals surface area contributed by atoms with E-state index in [2.05, 4.69) is 0 Å². The van der Waals surface area contributed by atoms with E-state index >= 15 is 0 Å². The molecule has 1 aliphatic carbocycles. The number of quaternary nitrogens is 1. The molecular formula is C20H34N3O7+. The number of hydrogen-bond acceptors (Lipinski definition) is 7. The third-order valence-electron chi connectivity index (χ3n) is 6.24. The van der Waals surface area contributed by atoms with E-state index in [0.717, 1.165) is 25.7 Å². The van der Waals surface area contributed by atoms with Crippen LogP contribution in [0.1, 0.15) is 51.9 Å². The van der Waals surface area contributed by atoms with Crippen molar-refractivity contribution in [2.24, 2.45) is 17.6 Å². The summed E-state index contributed by atoms with van der Waals surface area (Å²) in [7, 11) is 1.47. The number of primary amides is 1. The van der Waals surface area contributed by atoms with Crippen molar-refractivity contribution in [1.82, 2.24) is 5.06 Å². The number of likely N-dealkylation sites (tertiary alicyclic amines) is 1. The molecule has 1 saturated carbocycles. The lowest BCUT2D eigenvalue weighted by atomic mass is 9.91. The average Bonchev–Trinajstić information content (AvgIpc) is 3.37. The van der Waals surface area contributed by atoms with Gasteiger partial charge >= 0.3 is 12.0 Å². The van der Waals surface area contributed by atoms with E-state index in [1.165, 1.54) is 7.11 Å². The first kappa shape index (κ1) is 24.2. The molecule has 170 valence electrons. The number of carbonyl (C=O) groups excluding carboxylic acids is 4. The Kier molecular flexibility index (Phi) is 8.75. The zero-order valence-electron chi connectivity index (χ0n) is 17.8. The number of hydroxylamine groups is 2. The van der Waals surface area contributed by atoms with Crippen LogP contribution in [-0.4, -0.2) is 78.0 Å². The zero-order valence-corrected chi connectivity index (χ0v) is 17.8. The van der Waals surface area contributed by atoms with Gasteiger partial charge in [-0.1, -0.05) is 25.7 Å². The van der Waals surface area contributed by atoms with Gasteiger partial charge in [-0.3, -0.25) is 14.8 Å². The standard InChI is InChI=1S/C20H33N3O7/c1-14(12-29-2)30-20(27)23(9-5-8-17(23)18(21)25)19(26)16(11-22(28)13-24)10-15-6-3-4-7-15/h13-17,28H,3-12H2,1-2H3,(H-,21,25)/p+1/t14-,16-,17+,23?/m1/s1. The number of imide groups is 1. The van der Waals surface area contributed by atoms with E-state index in [0.29, 0.717) is 24.3 Å². The molecule has 0 aromatic heterocycles. The Morgan fingerprint density at radius 2 is 1.90 bits per heavy atom. The van der Waals surface area contributed by atoms with Gasteiger partial charge in [-0.2, -0.15) is 4.79 Å². The zero-order chi connectivity index (χ0) is 22.3. The number of ether oxygens (including phenoxy) is 2. The van der Waals surface area contributed by atoms with Crippen molar-refractivity contribution < 1.29 is 38.3 Å². The van der Waals surface area contributed by atoms with E-state index in [1.807, 2.05) is 0 Å². The van der Waals surface area contributed by atoms with Crippen molar-refractivity contribution in [2.75, 3.05) is 26.8 Å². The second kappa shape index (κ2) is 10.8. The number of nitrogens with two attached hydrogens (primary N) is 1. The second-order valence-corrected chi connectivity index (χ2v) is 8.45. The summed E-state index contributed by atoms with van der Waals surface area (Å²) < 4.78 is 9.64. The maximum atomic E-state index is 13.8. The van der Waals surface area contributed by atoms with Crippen LogP contribution in [-0.2, 0) is 23.9 Å². The van der Waals surface area contributed by atoms with Gasteiger partial charge in [0.05, 0.1) is 25.6 Å². The fourth-order valence-corrected chi connectivity index (χ4v) is 4.87. The second-order valence-electron chi connectivity index (χ2n) is 8.45. The lowest BCUT2D eigenvalue weighted by Crippen LogP contribution is -2.66. The summed E-state index contributed by atoms with van der Waals surface area (Å²) >= 11 is 0. The number of amides is 4. The molecule has 0 radical (unpaired) electrons. The molecule has 0 spiro atoms. The predicted molar refractivity (Wildman–Crippen MR) is 105 cm³/mol. The first-order chi connectivity index (χ1) is 14.3. The Bertz CT molecular complexity index is 638. The first-order valence-corrected chi connectivity index (χ1v) is 10.6. The molecule has 3 N–H and O–H groups in total. The molecule has 0 aromatic rings. The van der Waals surface area contributed by atoms with Crippen LogP contribution in [0.2, 0.25) is 0 Å². The highest BCUT2D eigenvalue weighted by Crippen LogP contribution is 2.36. The van der Waals surface area contributed by atoms with Crippen molar-refractivity contribution in [1.29, 1.82) is 0 Å². The summed E-state index contributed by atoms with van der Waals surface area (Å²) in [6.45, 7) is 1.63. The van der Waals surface area contributed by atoms with Gasteiger partial charge in [0.15, 0.2) is 6.04 Å². The van der Waals surface area contributed by atoms with Crippen molar-refractivity contribution in [3.05, 3.63) is 0 Å². The first-order valence-electron chi connectivity index (χ1n) is 10.6.